The van der Waals surface area contributed by atoms with E-state index in [4.69, 9.17) is 5.11 Å². The Balaban J connectivity index is 1.87. The predicted molar refractivity (Wildman–Crippen MR) is 83.5 cm³/mol. The lowest BCUT2D eigenvalue weighted by atomic mass is 10.1. The van der Waals surface area contributed by atoms with Crippen LogP contribution in [0.15, 0.2) is 53.0 Å². The minimum Gasteiger partial charge on any atom is -0.392 e. The largest absolute Gasteiger partial charge is 0.392 e. The molecule has 0 unspecified atom stereocenters. The van der Waals surface area contributed by atoms with Gasteiger partial charge in [0.2, 0.25) is 5.91 Å². The number of carbonyl (C=O) groups is 1. The van der Waals surface area contributed by atoms with Crippen LogP contribution in [-0.4, -0.2) is 11.0 Å². The van der Waals surface area contributed by atoms with Gasteiger partial charge in [-0.1, -0.05) is 40.2 Å². The zero-order valence-corrected chi connectivity index (χ0v) is 12.6. The van der Waals surface area contributed by atoms with Crippen molar-refractivity contribution in [2.45, 2.75) is 19.4 Å². The van der Waals surface area contributed by atoms with Crippen LogP contribution in [0, 0.1) is 0 Å². The molecular formula is C16H16BrNO2. The first-order valence-electron chi connectivity index (χ1n) is 6.41. The first-order valence-corrected chi connectivity index (χ1v) is 7.21. The van der Waals surface area contributed by atoms with Crippen molar-refractivity contribution in [3.63, 3.8) is 0 Å². The SMILES string of the molecule is O=C(CCc1ccc(Br)cc1)Nc1cccc(CO)c1. The van der Waals surface area contributed by atoms with Gasteiger partial charge in [0.25, 0.3) is 0 Å². The maximum Gasteiger partial charge on any atom is 0.224 e. The predicted octanol–water partition coefficient (Wildman–Crippen LogP) is 3.51. The summed E-state index contributed by atoms with van der Waals surface area (Å²) in [5, 5.41) is 11.9. The van der Waals surface area contributed by atoms with Crippen molar-refractivity contribution in [1.82, 2.24) is 0 Å². The van der Waals surface area contributed by atoms with Crippen molar-refractivity contribution >= 4 is 27.5 Å². The molecule has 2 aromatic rings. The van der Waals surface area contributed by atoms with E-state index in [2.05, 4.69) is 21.2 Å². The number of anilines is 1. The van der Waals surface area contributed by atoms with E-state index in [1.54, 1.807) is 6.07 Å². The van der Waals surface area contributed by atoms with Crippen molar-refractivity contribution in [2.24, 2.45) is 0 Å². The molecule has 2 rings (SSSR count). The van der Waals surface area contributed by atoms with Crippen LogP contribution in [0.1, 0.15) is 17.5 Å². The average molecular weight is 334 g/mol. The van der Waals surface area contributed by atoms with E-state index >= 15 is 0 Å². The first-order chi connectivity index (χ1) is 9.67. The number of benzene rings is 2. The molecule has 0 fully saturated rings. The standard InChI is InChI=1S/C16H16BrNO2/c17-14-7-4-12(5-8-14)6-9-16(20)18-15-3-1-2-13(10-15)11-19/h1-5,7-8,10,19H,6,9,11H2,(H,18,20). The van der Waals surface area contributed by atoms with Crippen molar-refractivity contribution in [2.75, 3.05) is 5.32 Å². The molecule has 104 valence electrons. The number of rotatable bonds is 5. The molecule has 0 aliphatic rings. The third-order valence-corrected chi connectivity index (χ3v) is 3.48. The molecule has 3 nitrogen and oxygen atoms in total. The number of carbonyl (C=O) groups excluding carboxylic acids is 1. The number of aryl methyl sites for hydroxylation is 1. The summed E-state index contributed by atoms with van der Waals surface area (Å²) in [6.45, 7) is -0.0252. The fraction of sp³-hybridized carbons (Fsp3) is 0.188. The summed E-state index contributed by atoms with van der Waals surface area (Å²) < 4.78 is 1.03. The molecule has 0 atom stereocenters. The van der Waals surface area contributed by atoms with Gasteiger partial charge in [-0.3, -0.25) is 4.79 Å². The van der Waals surface area contributed by atoms with Crippen LogP contribution >= 0.6 is 15.9 Å². The third-order valence-electron chi connectivity index (χ3n) is 2.95. The normalized spacial score (nSPS) is 10.3. The summed E-state index contributed by atoms with van der Waals surface area (Å²) in [4.78, 5) is 11.9. The van der Waals surface area contributed by atoms with E-state index in [-0.39, 0.29) is 12.5 Å². The van der Waals surface area contributed by atoms with Gasteiger partial charge in [0.15, 0.2) is 0 Å². The lowest BCUT2D eigenvalue weighted by Crippen LogP contribution is -2.12. The van der Waals surface area contributed by atoms with Crippen molar-refractivity contribution in [3.05, 3.63) is 64.1 Å². The second-order valence-corrected chi connectivity index (χ2v) is 5.45. The molecule has 2 N–H and O–H groups in total. The van der Waals surface area contributed by atoms with Crippen molar-refractivity contribution in [3.8, 4) is 0 Å². The van der Waals surface area contributed by atoms with E-state index in [0.717, 1.165) is 21.3 Å². The molecule has 2 aromatic carbocycles. The van der Waals surface area contributed by atoms with Crippen LogP contribution in [0.25, 0.3) is 0 Å². The van der Waals surface area contributed by atoms with Crippen LogP contribution in [-0.2, 0) is 17.8 Å². The summed E-state index contributed by atoms with van der Waals surface area (Å²) in [5.41, 5.74) is 2.64. The Morgan fingerprint density at radius 2 is 1.85 bits per heavy atom. The van der Waals surface area contributed by atoms with Crippen LogP contribution < -0.4 is 5.32 Å². The molecule has 0 radical (unpaired) electrons. The minimum atomic E-state index is -0.0252. The van der Waals surface area contributed by atoms with E-state index < -0.39 is 0 Å². The zero-order valence-electron chi connectivity index (χ0n) is 11.0. The molecule has 20 heavy (non-hydrogen) atoms. The fourth-order valence-electron chi connectivity index (χ4n) is 1.88. The Kier molecular flexibility index (Phi) is 5.32. The summed E-state index contributed by atoms with van der Waals surface area (Å²) >= 11 is 3.38. The Hall–Kier alpha value is -1.65. The molecule has 0 aliphatic carbocycles. The molecular weight excluding hydrogens is 318 g/mol. The molecule has 0 saturated heterocycles. The van der Waals surface area contributed by atoms with Crippen molar-refractivity contribution < 1.29 is 9.90 Å². The Morgan fingerprint density at radius 3 is 2.55 bits per heavy atom. The van der Waals surface area contributed by atoms with Gasteiger partial charge in [0.05, 0.1) is 6.61 Å². The Labute approximate surface area is 126 Å². The maximum absolute atomic E-state index is 11.9. The highest BCUT2D eigenvalue weighted by Crippen LogP contribution is 2.13. The molecule has 0 saturated carbocycles. The molecule has 0 heterocycles. The second kappa shape index (κ2) is 7.22. The highest BCUT2D eigenvalue weighted by molar-refractivity contribution is 9.10. The lowest BCUT2D eigenvalue weighted by molar-refractivity contribution is -0.116. The Morgan fingerprint density at radius 1 is 1.10 bits per heavy atom. The van der Waals surface area contributed by atoms with Gasteiger partial charge in [0, 0.05) is 16.6 Å². The highest BCUT2D eigenvalue weighted by Gasteiger charge is 2.04. The van der Waals surface area contributed by atoms with E-state index in [1.165, 1.54) is 0 Å². The average Bonchev–Trinajstić information content (AvgIpc) is 2.47. The van der Waals surface area contributed by atoms with E-state index in [1.807, 2.05) is 42.5 Å². The molecule has 0 spiro atoms. The second-order valence-electron chi connectivity index (χ2n) is 4.53. The number of hydrogen-bond acceptors (Lipinski definition) is 2. The third kappa shape index (κ3) is 4.47. The first kappa shape index (κ1) is 14.8. The molecule has 0 aliphatic heterocycles. The van der Waals surface area contributed by atoms with Gasteiger partial charge >= 0.3 is 0 Å². The molecule has 0 aromatic heterocycles. The maximum atomic E-state index is 11.9. The molecule has 0 bridgehead atoms. The summed E-state index contributed by atoms with van der Waals surface area (Å²) in [7, 11) is 0. The van der Waals surface area contributed by atoms with Gasteiger partial charge in [-0.25, -0.2) is 0 Å². The van der Waals surface area contributed by atoms with Crippen LogP contribution in [0.3, 0.4) is 0 Å². The number of amides is 1. The summed E-state index contributed by atoms with van der Waals surface area (Å²) in [6, 6.07) is 15.2. The van der Waals surface area contributed by atoms with E-state index in [0.29, 0.717) is 12.8 Å². The van der Waals surface area contributed by atoms with Gasteiger partial charge in [-0.05, 0) is 41.8 Å². The summed E-state index contributed by atoms with van der Waals surface area (Å²) in [6.07, 6.45) is 1.14. The molecule has 1 amide bonds. The monoisotopic (exact) mass is 333 g/mol. The van der Waals surface area contributed by atoms with Gasteiger partial charge in [-0.15, -0.1) is 0 Å². The smallest absolute Gasteiger partial charge is 0.224 e. The minimum absolute atomic E-state index is 0.0250. The highest BCUT2D eigenvalue weighted by atomic mass is 79.9. The fourth-order valence-corrected chi connectivity index (χ4v) is 2.14. The van der Waals surface area contributed by atoms with Gasteiger partial charge in [-0.2, -0.15) is 0 Å². The van der Waals surface area contributed by atoms with Crippen LogP contribution in [0.2, 0.25) is 0 Å². The van der Waals surface area contributed by atoms with Gasteiger partial charge in [0.1, 0.15) is 0 Å². The molecule has 4 heteroatoms. The van der Waals surface area contributed by atoms with Crippen molar-refractivity contribution in [1.29, 1.82) is 0 Å². The number of aliphatic hydroxyl groups is 1. The number of nitrogens with one attached hydrogen (secondary N) is 1. The quantitative estimate of drug-likeness (QED) is 0.879. The van der Waals surface area contributed by atoms with Crippen LogP contribution in [0.5, 0.6) is 0 Å². The zero-order chi connectivity index (χ0) is 14.4. The van der Waals surface area contributed by atoms with Crippen LogP contribution in [0.4, 0.5) is 5.69 Å². The summed E-state index contributed by atoms with van der Waals surface area (Å²) in [5.74, 6) is -0.0250. The number of hydrogen-bond donors (Lipinski definition) is 2. The lowest BCUT2D eigenvalue weighted by Gasteiger charge is -2.06. The van der Waals surface area contributed by atoms with E-state index in [9.17, 15) is 4.79 Å². The number of aliphatic hydroxyl groups excluding tert-OH is 1. The van der Waals surface area contributed by atoms with Gasteiger partial charge < -0.3 is 10.4 Å². The number of halogens is 1. The topological polar surface area (TPSA) is 49.3 Å². The Bertz CT molecular complexity index is 581.